The van der Waals surface area contributed by atoms with E-state index < -0.39 is 0 Å². The number of pyridine rings is 1. The second-order valence-electron chi connectivity index (χ2n) is 5.96. The SMILES string of the molecule is CC(C)c1cc2cc(C(C)C)sc2c(C(C)C)n1. The van der Waals surface area contributed by atoms with Gasteiger partial charge in [0.2, 0.25) is 0 Å². The van der Waals surface area contributed by atoms with E-state index in [1.165, 1.54) is 26.4 Å². The normalized spacial score (nSPS) is 12.3. The zero-order valence-corrected chi connectivity index (χ0v) is 13.1. The first-order valence-corrected chi connectivity index (χ1v) is 7.66. The van der Waals surface area contributed by atoms with Gasteiger partial charge in [-0.1, -0.05) is 41.5 Å². The third-order valence-electron chi connectivity index (χ3n) is 3.27. The predicted molar refractivity (Wildman–Crippen MR) is 81.9 cm³/mol. The average Bonchev–Trinajstić information content (AvgIpc) is 2.70. The summed E-state index contributed by atoms with van der Waals surface area (Å²) in [5.74, 6) is 1.59. The lowest BCUT2D eigenvalue weighted by molar-refractivity contribution is 0.776. The highest BCUT2D eigenvalue weighted by molar-refractivity contribution is 7.19. The lowest BCUT2D eigenvalue weighted by atomic mass is 10.0. The molecule has 0 atom stereocenters. The van der Waals surface area contributed by atoms with E-state index in [0.717, 1.165) is 0 Å². The molecular formula is C16H23NS. The van der Waals surface area contributed by atoms with Crippen molar-refractivity contribution in [1.29, 1.82) is 0 Å². The fourth-order valence-electron chi connectivity index (χ4n) is 2.09. The van der Waals surface area contributed by atoms with Crippen molar-refractivity contribution in [3.05, 3.63) is 28.4 Å². The maximum Gasteiger partial charge on any atom is 0.0610 e. The van der Waals surface area contributed by atoms with Crippen LogP contribution in [0.2, 0.25) is 0 Å². The summed E-state index contributed by atoms with van der Waals surface area (Å²) in [6.07, 6.45) is 0. The van der Waals surface area contributed by atoms with Gasteiger partial charge >= 0.3 is 0 Å². The molecule has 2 aromatic rings. The van der Waals surface area contributed by atoms with Gasteiger partial charge in [-0.05, 0) is 35.3 Å². The van der Waals surface area contributed by atoms with Crippen molar-refractivity contribution in [1.82, 2.24) is 4.98 Å². The molecule has 0 aliphatic heterocycles. The predicted octanol–water partition coefficient (Wildman–Crippen LogP) is 5.67. The van der Waals surface area contributed by atoms with Crippen molar-refractivity contribution < 1.29 is 0 Å². The van der Waals surface area contributed by atoms with Crippen LogP contribution in [0.1, 0.15) is 75.6 Å². The summed E-state index contributed by atoms with van der Waals surface area (Å²) in [6, 6.07) is 4.62. The Kier molecular flexibility index (Phi) is 3.76. The second kappa shape index (κ2) is 5.00. The lowest BCUT2D eigenvalue weighted by Crippen LogP contribution is -1.99. The fraction of sp³-hybridized carbons (Fsp3) is 0.562. The molecule has 0 saturated carbocycles. The maximum absolute atomic E-state index is 4.88. The lowest BCUT2D eigenvalue weighted by Gasteiger charge is -2.11. The molecule has 98 valence electrons. The molecule has 1 nitrogen and oxygen atoms in total. The number of fused-ring (bicyclic) bond motifs is 1. The van der Waals surface area contributed by atoms with Crippen molar-refractivity contribution in [2.45, 2.75) is 59.3 Å². The summed E-state index contributed by atoms with van der Waals surface area (Å²) >= 11 is 1.92. The van der Waals surface area contributed by atoms with Gasteiger partial charge in [0.15, 0.2) is 0 Å². The largest absolute Gasteiger partial charge is 0.256 e. The monoisotopic (exact) mass is 261 g/mol. The first-order valence-electron chi connectivity index (χ1n) is 6.84. The van der Waals surface area contributed by atoms with E-state index in [-0.39, 0.29) is 0 Å². The van der Waals surface area contributed by atoms with Gasteiger partial charge in [0.1, 0.15) is 0 Å². The van der Waals surface area contributed by atoms with E-state index in [0.29, 0.717) is 17.8 Å². The van der Waals surface area contributed by atoms with Crippen LogP contribution in [0.15, 0.2) is 12.1 Å². The van der Waals surface area contributed by atoms with Crippen molar-refractivity contribution in [2.24, 2.45) is 0 Å². The summed E-state index contributed by atoms with van der Waals surface area (Å²) in [4.78, 5) is 6.35. The molecule has 18 heavy (non-hydrogen) atoms. The fourth-order valence-corrected chi connectivity index (χ4v) is 3.36. The van der Waals surface area contributed by atoms with Crippen LogP contribution in [0.3, 0.4) is 0 Å². The Labute approximate surface area is 114 Å². The minimum atomic E-state index is 0.491. The molecule has 2 heteroatoms. The highest BCUT2D eigenvalue weighted by atomic mass is 32.1. The van der Waals surface area contributed by atoms with Gasteiger partial charge in [-0.15, -0.1) is 11.3 Å². The van der Waals surface area contributed by atoms with Crippen LogP contribution in [0.5, 0.6) is 0 Å². The molecular weight excluding hydrogens is 238 g/mol. The molecule has 0 fully saturated rings. The molecule has 0 aliphatic rings. The third kappa shape index (κ3) is 2.44. The maximum atomic E-state index is 4.88. The summed E-state index contributed by atoms with van der Waals surface area (Å²) in [5.41, 5.74) is 2.49. The molecule has 0 saturated heterocycles. The molecule has 0 radical (unpaired) electrons. The molecule has 0 unspecified atom stereocenters. The smallest absolute Gasteiger partial charge is 0.0610 e. The van der Waals surface area contributed by atoms with E-state index >= 15 is 0 Å². The number of hydrogen-bond acceptors (Lipinski definition) is 2. The average molecular weight is 261 g/mol. The Balaban J connectivity index is 2.69. The Bertz CT molecular complexity index is 549. The molecule has 0 aliphatic carbocycles. The quantitative estimate of drug-likeness (QED) is 0.694. The van der Waals surface area contributed by atoms with Gasteiger partial charge < -0.3 is 0 Å². The topological polar surface area (TPSA) is 12.9 Å². The number of aromatic nitrogens is 1. The molecule has 0 aromatic carbocycles. The summed E-state index contributed by atoms with van der Waals surface area (Å²) in [6.45, 7) is 13.4. The van der Waals surface area contributed by atoms with Crippen LogP contribution in [0.4, 0.5) is 0 Å². The van der Waals surface area contributed by atoms with Crippen LogP contribution < -0.4 is 0 Å². The highest BCUT2D eigenvalue weighted by Crippen LogP contribution is 2.36. The van der Waals surface area contributed by atoms with Crippen LogP contribution in [-0.4, -0.2) is 4.98 Å². The van der Waals surface area contributed by atoms with Gasteiger partial charge in [-0.3, -0.25) is 4.98 Å². The number of thiophene rings is 1. The minimum absolute atomic E-state index is 0.491. The van der Waals surface area contributed by atoms with Crippen molar-refractivity contribution >= 4 is 21.4 Å². The molecule has 2 aromatic heterocycles. The van der Waals surface area contributed by atoms with E-state index in [9.17, 15) is 0 Å². The van der Waals surface area contributed by atoms with E-state index in [1.807, 2.05) is 11.3 Å². The van der Waals surface area contributed by atoms with Crippen molar-refractivity contribution in [3.8, 4) is 0 Å². The highest BCUT2D eigenvalue weighted by Gasteiger charge is 2.15. The molecule has 0 N–H and O–H groups in total. The van der Waals surface area contributed by atoms with Gasteiger partial charge in [-0.2, -0.15) is 0 Å². The minimum Gasteiger partial charge on any atom is -0.256 e. The standard InChI is InChI=1S/C16H23NS/c1-9(2)13-7-12-8-14(10(3)4)18-16(12)15(17-13)11(5)6/h7-11H,1-6H3. The Hall–Kier alpha value is -0.890. The van der Waals surface area contributed by atoms with E-state index in [4.69, 9.17) is 4.98 Å². The van der Waals surface area contributed by atoms with Crippen molar-refractivity contribution in [3.63, 3.8) is 0 Å². The Morgan fingerprint density at radius 3 is 2.06 bits per heavy atom. The third-order valence-corrected chi connectivity index (χ3v) is 4.75. The van der Waals surface area contributed by atoms with Gasteiger partial charge in [-0.25, -0.2) is 0 Å². The van der Waals surface area contributed by atoms with Crippen LogP contribution in [-0.2, 0) is 0 Å². The van der Waals surface area contributed by atoms with Gasteiger partial charge in [0.05, 0.1) is 10.4 Å². The molecule has 0 amide bonds. The zero-order valence-electron chi connectivity index (χ0n) is 12.2. The van der Waals surface area contributed by atoms with Crippen LogP contribution >= 0.6 is 11.3 Å². The number of hydrogen-bond donors (Lipinski definition) is 0. The Morgan fingerprint density at radius 2 is 1.56 bits per heavy atom. The van der Waals surface area contributed by atoms with Crippen LogP contribution in [0, 0.1) is 0 Å². The van der Waals surface area contributed by atoms with Gasteiger partial charge in [0.25, 0.3) is 0 Å². The van der Waals surface area contributed by atoms with Crippen LogP contribution in [0.25, 0.3) is 10.1 Å². The molecule has 2 rings (SSSR count). The second-order valence-corrected chi connectivity index (χ2v) is 7.05. The number of nitrogens with zero attached hydrogens (tertiary/aromatic N) is 1. The summed E-state index contributed by atoms with van der Waals surface area (Å²) < 4.78 is 1.39. The van der Waals surface area contributed by atoms with Gasteiger partial charge in [0, 0.05) is 10.6 Å². The molecule has 0 bridgehead atoms. The number of rotatable bonds is 3. The summed E-state index contributed by atoms with van der Waals surface area (Å²) in [7, 11) is 0. The molecule has 2 heterocycles. The van der Waals surface area contributed by atoms with E-state index in [2.05, 4.69) is 53.7 Å². The van der Waals surface area contributed by atoms with E-state index in [1.54, 1.807) is 0 Å². The summed E-state index contributed by atoms with van der Waals surface area (Å²) in [5, 5.41) is 1.38. The molecule has 0 spiro atoms. The first kappa shape index (κ1) is 13.5. The van der Waals surface area contributed by atoms with Crippen molar-refractivity contribution in [2.75, 3.05) is 0 Å². The first-order chi connectivity index (χ1) is 8.40. The zero-order chi connectivity index (χ0) is 13.4. The Morgan fingerprint density at radius 1 is 0.889 bits per heavy atom.